The van der Waals surface area contributed by atoms with Crippen LogP contribution >= 0.6 is 0 Å². The highest BCUT2D eigenvalue weighted by molar-refractivity contribution is 5.86. The number of likely N-dealkylation sites (tertiary alicyclic amines) is 1. The third-order valence-electron chi connectivity index (χ3n) is 3.87. The Labute approximate surface area is 133 Å². The number of non-ortho nitro benzene ring substituents is 1. The third kappa shape index (κ3) is 3.97. The van der Waals surface area contributed by atoms with Crippen LogP contribution in [0.5, 0.6) is 0 Å². The van der Waals surface area contributed by atoms with Crippen LogP contribution < -0.4 is 5.32 Å². The number of esters is 1. The van der Waals surface area contributed by atoms with Crippen LogP contribution in [0.3, 0.4) is 0 Å². The van der Waals surface area contributed by atoms with E-state index < -0.39 is 10.8 Å². The number of benzene rings is 1. The maximum Gasteiger partial charge on any atom is 0.310 e. The minimum Gasteiger partial charge on any atom is -0.469 e. The molecule has 1 amide bonds. The first kappa shape index (κ1) is 16.7. The Balaban J connectivity index is 1.87. The van der Waals surface area contributed by atoms with Gasteiger partial charge in [0.1, 0.15) is 0 Å². The topological polar surface area (TPSA) is 102 Å². The van der Waals surface area contributed by atoms with E-state index in [0.717, 1.165) is 11.3 Å². The number of hydrogen-bond donors (Lipinski definition) is 1. The Bertz CT molecular complexity index is 632. The van der Waals surface area contributed by atoms with Gasteiger partial charge in [0.25, 0.3) is 5.69 Å². The van der Waals surface area contributed by atoms with Crippen molar-refractivity contribution in [1.29, 1.82) is 0 Å². The summed E-state index contributed by atoms with van der Waals surface area (Å²) in [5, 5.41) is 13.9. The van der Waals surface area contributed by atoms with Crippen molar-refractivity contribution in [2.75, 3.05) is 32.1 Å². The first-order chi connectivity index (χ1) is 10.9. The van der Waals surface area contributed by atoms with Gasteiger partial charge in [-0.05, 0) is 18.6 Å². The Kier molecular flexibility index (Phi) is 5.15. The van der Waals surface area contributed by atoms with Gasteiger partial charge in [0, 0.05) is 43.9 Å². The predicted molar refractivity (Wildman–Crippen MR) is 83.0 cm³/mol. The van der Waals surface area contributed by atoms with Crippen molar-refractivity contribution >= 4 is 23.3 Å². The lowest BCUT2D eigenvalue weighted by Gasteiger charge is -2.17. The molecule has 0 aliphatic carbocycles. The van der Waals surface area contributed by atoms with Crippen molar-refractivity contribution < 1.29 is 19.2 Å². The highest BCUT2D eigenvalue weighted by Crippen LogP contribution is 2.22. The molecule has 0 saturated carbocycles. The van der Waals surface area contributed by atoms with E-state index >= 15 is 0 Å². The summed E-state index contributed by atoms with van der Waals surface area (Å²) >= 11 is 0. The van der Waals surface area contributed by atoms with E-state index in [9.17, 15) is 19.7 Å². The summed E-state index contributed by atoms with van der Waals surface area (Å²) < 4.78 is 4.66. The van der Waals surface area contributed by atoms with E-state index in [2.05, 4.69) is 10.1 Å². The lowest BCUT2D eigenvalue weighted by atomic mass is 10.1. The summed E-state index contributed by atoms with van der Waals surface area (Å²) in [5.74, 6) is -0.823. The second-order valence-corrected chi connectivity index (χ2v) is 5.45. The van der Waals surface area contributed by atoms with Crippen molar-refractivity contribution in [3.63, 3.8) is 0 Å². The standard InChI is InChI=1S/C15H19N3O5/c1-10-7-12(18(21)22)3-4-13(10)16-5-6-17-9-11(8-14(17)19)15(20)23-2/h3-4,7,11,16H,5-6,8-9H2,1-2H3. The molecule has 2 rings (SSSR count). The number of carbonyl (C=O) groups excluding carboxylic acids is 2. The molecule has 1 aliphatic rings. The molecular weight excluding hydrogens is 302 g/mol. The van der Waals surface area contributed by atoms with Crippen LogP contribution in [0.1, 0.15) is 12.0 Å². The lowest BCUT2D eigenvalue weighted by molar-refractivity contribution is -0.384. The number of nitro benzene ring substituents is 1. The average molecular weight is 321 g/mol. The van der Waals surface area contributed by atoms with E-state index in [0.29, 0.717) is 19.6 Å². The minimum atomic E-state index is -0.438. The van der Waals surface area contributed by atoms with Crippen molar-refractivity contribution in [3.8, 4) is 0 Å². The summed E-state index contributed by atoms with van der Waals surface area (Å²) in [7, 11) is 1.31. The fraction of sp³-hybridized carbons (Fsp3) is 0.467. The molecule has 1 atom stereocenters. The smallest absolute Gasteiger partial charge is 0.310 e. The highest BCUT2D eigenvalue weighted by Gasteiger charge is 2.34. The van der Waals surface area contributed by atoms with Crippen LogP contribution in [0.2, 0.25) is 0 Å². The third-order valence-corrected chi connectivity index (χ3v) is 3.87. The molecule has 0 spiro atoms. The van der Waals surface area contributed by atoms with E-state index in [-0.39, 0.29) is 24.0 Å². The first-order valence-corrected chi connectivity index (χ1v) is 7.27. The zero-order valence-electron chi connectivity index (χ0n) is 13.1. The van der Waals surface area contributed by atoms with Crippen LogP contribution in [0.4, 0.5) is 11.4 Å². The van der Waals surface area contributed by atoms with Crippen LogP contribution in [0.25, 0.3) is 0 Å². The number of hydrogen-bond acceptors (Lipinski definition) is 6. The summed E-state index contributed by atoms with van der Waals surface area (Å²) in [6.07, 6.45) is 0.184. The number of nitrogens with zero attached hydrogens (tertiary/aromatic N) is 2. The van der Waals surface area contributed by atoms with Gasteiger partial charge in [-0.25, -0.2) is 0 Å². The molecule has 1 heterocycles. The van der Waals surface area contributed by atoms with Crippen molar-refractivity contribution in [1.82, 2.24) is 4.90 Å². The normalized spacial score (nSPS) is 17.2. The van der Waals surface area contributed by atoms with Crippen LogP contribution in [0.15, 0.2) is 18.2 Å². The maximum absolute atomic E-state index is 11.8. The minimum absolute atomic E-state index is 0.0451. The van der Waals surface area contributed by atoms with E-state index in [1.54, 1.807) is 17.9 Å². The van der Waals surface area contributed by atoms with E-state index in [4.69, 9.17) is 0 Å². The molecule has 8 nitrogen and oxygen atoms in total. The number of anilines is 1. The average Bonchev–Trinajstić information content (AvgIpc) is 2.89. The van der Waals surface area contributed by atoms with Crippen molar-refractivity contribution in [3.05, 3.63) is 33.9 Å². The van der Waals surface area contributed by atoms with Crippen LogP contribution in [-0.4, -0.2) is 48.4 Å². The van der Waals surface area contributed by atoms with Gasteiger partial charge in [-0.15, -0.1) is 0 Å². The van der Waals surface area contributed by atoms with Gasteiger partial charge in [0.2, 0.25) is 5.91 Å². The van der Waals surface area contributed by atoms with Gasteiger partial charge in [-0.3, -0.25) is 19.7 Å². The molecule has 1 aromatic carbocycles. The fourth-order valence-electron chi connectivity index (χ4n) is 2.60. The molecule has 23 heavy (non-hydrogen) atoms. The molecule has 0 radical (unpaired) electrons. The zero-order chi connectivity index (χ0) is 17.0. The quantitative estimate of drug-likeness (QED) is 0.482. The number of amides is 1. The first-order valence-electron chi connectivity index (χ1n) is 7.27. The molecule has 1 fully saturated rings. The molecule has 1 aromatic rings. The predicted octanol–water partition coefficient (Wildman–Crippen LogP) is 1.34. The molecule has 1 saturated heterocycles. The molecular formula is C15H19N3O5. The molecule has 124 valence electrons. The zero-order valence-corrected chi connectivity index (χ0v) is 13.1. The molecule has 1 aliphatic heterocycles. The Hall–Kier alpha value is -2.64. The van der Waals surface area contributed by atoms with Crippen molar-refractivity contribution in [2.45, 2.75) is 13.3 Å². The molecule has 1 unspecified atom stereocenters. The molecule has 8 heteroatoms. The fourth-order valence-corrected chi connectivity index (χ4v) is 2.60. The highest BCUT2D eigenvalue weighted by atomic mass is 16.6. The summed E-state index contributed by atoms with van der Waals surface area (Å²) in [4.78, 5) is 35.2. The Morgan fingerprint density at radius 2 is 2.26 bits per heavy atom. The number of aryl methyl sites for hydroxylation is 1. The van der Waals surface area contributed by atoms with Gasteiger partial charge in [0.05, 0.1) is 18.0 Å². The monoisotopic (exact) mass is 321 g/mol. The Morgan fingerprint density at radius 3 is 2.87 bits per heavy atom. The SMILES string of the molecule is COC(=O)C1CC(=O)N(CCNc2ccc([N+](=O)[O-])cc2C)C1. The van der Waals surface area contributed by atoms with E-state index in [1.165, 1.54) is 19.2 Å². The van der Waals surface area contributed by atoms with Gasteiger partial charge < -0.3 is 15.0 Å². The molecule has 0 bridgehead atoms. The maximum atomic E-state index is 11.8. The lowest BCUT2D eigenvalue weighted by Crippen LogP contribution is -2.31. The van der Waals surface area contributed by atoms with Crippen molar-refractivity contribution in [2.24, 2.45) is 5.92 Å². The number of methoxy groups -OCH3 is 1. The number of ether oxygens (including phenoxy) is 1. The van der Waals surface area contributed by atoms with Crippen LogP contribution in [-0.2, 0) is 14.3 Å². The number of nitro groups is 1. The van der Waals surface area contributed by atoms with Gasteiger partial charge in [0.15, 0.2) is 0 Å². The summed E-state index contributed by atoms with van der Waals surface area (Å²) in [5.41, 5.74) is 1.59. The molecule has 1 N–H and O–H groups in total. The van der Waals surface area contributed by atoms with Gasteiger partial charge in [-0.1, -0.05) is 0 Å². The van der Waals surface area contributed by atoms with E-state index in [1.807, 2.05) is 0 Å². The second-order valence-electron chi connectivity index (χ2n) is 5.45. The largest absolute Gasteiger partial charge is 0.469 e. The van der Waals surface area contributed by atoms with Crippen LogP contribution in [0, 0.1) is 23.0 Å². The second kappa shape index (κ2) is 7.08. The molecule has 0 aromatic heterocycles. The van der Waals surface area contributed by atoms with Gasteiger partial charge >= 0.3 is 5.97 Å². The number of nitrogens with one attached hydrogen (secondary N) is 1. The van der Waals surface area contributed by atoms with Gasteiger partial charge in [-0.2, -0.15) is 0 Å². The number of carbonyl (C=O) groups is 2. The summed E-state index contributed by atoms with van der Waals surface area (Å²) in [6.45, 7) is 3.11. The number of rotatable bonds is 6. The summed E-state index contributed by atoms with van der Waals surface area (Å²) in [6, 6.07) is 4.58. The Morgan fingerprint density at radius 1 is 1.52 bits per heavy atom.